The van der Waals surface area contributed by atoms with Crippen molar-refractivity contribution in [2.45, 2.75) is 25.7 Å². The second kappa shape index (κ2) is 7.59. The lowest BCUT2D eigenvalue weighted by Crippen LogP contribution is -2.14. The molecule has 0 aromatic heterocycles. The molecule has 1 aliphatic carbocycles. The van der Waals surface area contributed by atoms with E-state index in [-0.39, 0.29) is 23.1 Å². The van der Waals surface area contributed by atoms with Crippen LogP contribution >= 0.6 is 7.75 Å². The van der Waals surface area contributed by atoms with Crippen molar-refractivity contribution in [2.75, 3.05) is 0 Å². The fourth-order valence-electron chi connectivity index (χ4n) is 2.47. The minimum absolute atomic E-state index is 0.0578. The topological polar surface area (TPSA) is 110 Å². The highest BCUT2D eigenvalue weighted by atomic mass is 31.2. The molecule has 0 radical (unpaired) electrons. The molecule has 6 nitrogen and oxygen atoms in total. The van der Waals surface area contributed by atoms with Crippen LogP contribution in [0.1, 0.15) is 24.8 Å². The number of benzene rings is 1. The highest BCUT2D eigenvalue weighted by Crippen LogP contribution is 2.38. The van der Waals surface area contributed by atoms with Gasteiger partial charge in [-0.15, -0.1) is 0 Å². The van der Waals surface area contributed by atoms with E-state index in [1.807, 2.05) is 12.1 Å². The van der Waals surface area contributed by atoms with Gasteiger partial charge in [0.15, 0.2) is 0 Å². The Kier molecular flexibility index (Phi) is 5.77. The number of aryl methyl sites for hydroxylation is 1. The summed E-state index contributed by atoms with van der Waals surface area (Å²) in [5.74, 6) is -0.0261. The minimum atomic E-state index is -4.51. The van der Waals surface area contributed by atoms with Crippen LogP contribution in [0.3, 0.4) is 0 Å². The van der Waals surface area contributed by atoms with Crippen molar-refractivity contribution in [1.82, 2.24) is 0 Å². The van der Waals surface area contributed by atoms with Crippen LogP contribution in [0.25, 0.3) is 0 Å². The SMILES string of the molecule is O=P(O)(O)/N=C1\C=C(O)C=CC1CCCCc1ccc(O)cc1. The quantitative estimate of drug-likeness (QED) is 0.470. The molecule has 2 rings (SSSR count). The summed E-state index contributed by atoms with van der Waals surface area (Å²) in [5.41, 5.74) is 1.34. The maximum Gasteiger partial charge on any atom is 0.448 e. The lowest BCUT2D eigenvalue weighted by Gasteiger charge is -2.17. The Bertz CT molecular complexity index is 672. The Hall–Kier alpha value is -1.88. The Labute approximate surface area is 134 Å². The summed E-state index contributed by atoms with van der Waals surface area (Å²) in [6.45, 7) is 0. The Morgan fingerprint density at radius 1 is 1.09 bits per heavy atom. The van der Waals surface area contributed by atoms with Gasteiger partial charge < -0.3 is 20.0 Å². The molecule has 1 atom stereocenters. The summed E-state index contributed by atoms with van der Waals surface area (Å²) in [7, 11) is -4.51. The molecular weight excluding hydrogens is 317 g/mol. The van der Waals surface area contributed by atoms with Crippen LogP contribution in [-0.2, 0) is 11.0 Å². The molecule has 0 heterocycles. The highest BCUT2D eigenvalue weighted by Gasteiger charge is 2.20. The monoisotopic (exact) mass is 337 g/mol. The number of hydrogen-bond acceptors (Lipinski definition) is 3. The number of rotatable bonds is 6. The molecule has 7 heteroatoms. The zero-order chi connectivity index (χ0) is 16.9. The van der Waals surface area contributed by atoms with Crippen molar-refractivity contribution in [2.24, 2.45) is 10.7 Å². The van der Waals surface area contributed by atoms with Crippen LogP contribution in [0.5, 0.6) is 5.75 Å². The van der Waals surface area contributed by atoms with Crippen molar-refractivity contribution in [1.29, 1.82) is 0 Å². The van der Waals surface area contributed by atoms with Gasteiger partial charge in [0.2, 0.25) is 0 Å². The van der Waals surface area contributed by atoms with E-state index in [0.717, 1.165) is 24.8 Å². The van der Waals surface area contributed by atoms with Gasteiger partial charge in [0.25, 0.3) is 0 Å². The number of nitrogens with zero attached hydrogens (tertiary/aromatic N) is 1. The van der Waals surface area contributed by atoms with E-state index in [2.05, 4.69) is 4.76 Å². The predicted molar refractivity (Wildman–Crippen MR) is 88.5 cm³/mol. The van der Waals surface area contributed by atoms with Gasteiger partial charge in [0.05, 0.1) is 5.71 Å². The number of phenols is 1. The average Bonchev–Trinajstić information content (AvgIpc) is 2.45. The molecule has 0 spiro atoms. The van der Waals surface area contributed by atoms with Crippen LogP contribution in [0.2, 0.25) is 0 Å². The Morgan fingerprint density at radius 3 is 2.43 bits per heavy atom. The summed E-state index contributed by atoms with van der Waals surface area (Å²) in [6.07, 6.45) is 7.84. The molecule has 1 unspecified atom stereocenters. The molecule has 124 valence electrons. The number of aliphatic hydroxyl groups excluding tert-OH is 1. The lowest BCUT2D eigenvalue weighted by atomic mass is 9.92. The van der Waals surface area contributed by atoms with Crippen LogP contribution in [0.4, 0.5) is 0 Å². The molecule has 0 amide bonds. The first-order valence-corrected chi connectivity index (χ1v) is 8.92. The number of aromatic hydroxyl groups is 1. The van der Waals surface area contributed by atoms with Crippen LogP contribution < -0.4 is 0 Å². The summed E-state index contributed by atoms with van der Waals surface area (Å²) in [4.78, 5) is 18.0. The molecule has 4 N–H and O–H groups in total. The van der Waals surface area contributed by atoms with Gasteiger partial charge in [-0.3, -0.25) is 0 Å². The molecule has 1 aromatic carbocycles. The van der Waals surface area contributed by atoms with Crippen molar-refractivity contribution >= 4 is 13.5 Å². The number of phenolic OH excluding ortho intramolecular Hbond substituents is 1. The van der Waals surface area contributed by atoms with Crippen molar-refractivity contribution in [3.05, 3.63) is 53.8 Å². The van der Waals surface area contributed by atoms with Gasteiger partial charge in [-0.25, -0.2) is 4.57 Å². The second-order valence-corrected chi connectivity index (χ2v) is 6.71. The molecule has 0 fully saturated rings. The number of aliphatic hydroxyl groups is 1. The zero-order valence-electron chi connectivity index (χ0n) is 12.5. The molecule has 0 aliphatic heterocycles. The number of allylic oxidation sites excluding steroid dienone is 3. The Morgan fingerprint density at radius 2 is 1.78 bits per heavy atom. The van der Waals surface area contributed by atoms with Crippen LogP contribution in [0, 0.1) is 5.92 Å². The molecule has 0 saturated heterocycles. The van der Waals surface area contributed by atoms with Crippen LogP contribution in [0.15, 0.2) is 53.0 Å². The normalized spacial score (nSPS) is 19.8. The number of hydrogen-bond donors (Lipinski definition) is 4. The zero-order valence-corrected chi connectivity index (χ0v) is 13.4. The number of unbranched alkanes of at least 4 members (excludes halogenated alkanes) is 1. The summed E-state index contributed by atoms with van der Waals surface area (Å²) >= 11 is 0. The van der Waals surface area contributed by atoms with Crippen molar-refractivity contribution in [3.8, 4) is 5.75 Å². The van der Waals surface area contributed by atoms with E-state index in [0.29, 0.717) is 6.42 Å². The van der Waals surface area contributed by atoms with E-state index in [1.165, 1.54) is 12.2 Å². The van der Waals surface area contributed by atoms with Crippen molar-refractivity contribution in [3.63, 3.8) is 0 Å². The van der Waals surface area contributed by atoms with E-state index >= 15 is 0 Å². The fourth-order valence-corrected chi connectivity index (χ4v) is 2.98. The van der Waals surface area contributed by atoms with Crippen LogP contribution in [-0.4, -0.2) is 25.7 Å². The van der Waals surface area contributed by atoms with Gasteiger partial charge in [-0.2, -0.15) is 4.76 Å². The summed E-state index contributed by atoms with van der Waals surface area (Å²) in [5, 5.41) is 18.7. The van der Waals surface area contributed by atoms with Gasteiger partial charge in [0.1, 0.15) is 11.5 Å². The van der Waals surface area contributed by atoms with Gasteiger partial charge in [-0.1, -0.05) is 24.6 Å². The smallest absolute Gasteiger partial charge is 0.448 e. The first-order chi connectivity index (χ1) is 10.8. The molecule has 23 heavy (non-hydrogen) atoms. The van der Waals surface area contributed by atoms with Crippen molar-refractivity contribution < 1.29 is 24.6 Å². The molecule has 1 aliphatic rings. The fraction of sp³-hybridized carbons (Fsp3) is 0.312. The largest absolute Gasteiger partial charge is 0.508 e. The standard InChI is InChI=1S/C16H20NO5P/c18-14-8-5-12(6-9-14)3-1-2-4-13-7-10-15(19)11-16(13)17-23(20,21)22/h5-11,13,18-19H,1-4H2,(H2,20,21,22)/b17-16+. The Balaban J connectivity index is 1.88. The van der Waals surface area contributed by atoms with E-state index in [1.54, 1.807) is 18.2 Å². The van der Waals surface area contributed by atoms with Gasteiger partial charge >= 0.3 is 7.75 Å². The second-order valence-electron chi connectivity index (χ2n) is 5.49. The minimum Gasteiger partial charge on any atom is -0.508 e. The maximum atomic E-state index is 11.0. The molecule has 0 bridgehead atoms. The molecular formula is C16H20NO5P. The third kappa shape index (κ3) is 6.02. The average molecular weight is 337 g/mol. The molecule has 0 saturated carbocycles. The third-order valence-electron chi connectivity index (χ3n) is 3.59. The lowest BCUT2D eigenvalue weighted by molar-refractivity contribution is 0.375. The first-order valence-electron chi connectivity index (χ1n) is 7.36. The maximum absolute atomic E-state index is 11.0. The molecule has 1 aromatic rings. The predicted octanol–water partition coefficient (Wildman–Crippen LogP) is 3.27. The highest BCUT2D eigenvalue weighted by molar-refractivity contribution is 7.50. The summed E-state index contributed by atoms with van der Waals surface area (Å²) < 4.78 is 14.5. The summed E-state index contributed by atoms with van der Waals surface area (Å²) in [6, 6.07) is 7.05. The van der Waals surface area contributed by atoms with Gasteiger partial charge in [0, 0.05) is 12.0 Å². The van der Waals surface area contributed by atoms with Gasteiger partial charge in [-0.05, 0) is 43.0 Å². The first kappa shape index (κ1) is 17.5. The third-order valence-corrected chi connectivity index (χ3v) is 4.08. The van der Waals surface area contributed by atoms with E-state index < -0.39 is 7.75 Å². The van der Waals surface area contributed by atoms with E-state index in [4.69, 9.17) is 9.79 Å². The van der Waals surface area contributed by atoms with E-state index in [9.17, 15) is 14.8 Å².